The topological polar surface area (TPSA) is 29.0 Å². The van der Waals surface area contributed by atoms with Crippen molar-refractivity contribution in [1.29, 1.82) is 0 Å². The van der Waals surface area contributed by atoms with Crippen LogP contribution in [-0.2, 0) is 0 Å². The molecule has 1 aliphatic carbocycles. The van der Waals surface area contributed by atoms with E-state index in [1.54, 1.807) is 12.3 Å². The highest BCUT2D eigenvalue weighted by Gasteiger charge is 2.59. The van der Waals surface area contributed by atoms with Crippen molar-refractivity contribution in [1.82, 2.24) is 9.97 Å². The lowest BCUT2D eigenvalue weighted by atomic mass is 10.1. The maximum Gasteiger partial charge on any atom is 0.141 e. The Labute approximate surface area is 122 Å². The molecule has 2 fully saturated rings. The van der Waals surface area contributed by atoms with E-state index in [1.165, 1.54) is 12.3 Å². The molecule has 0 amide bonds. The highest BCUT2D eigenvalue weighted by atomic mass is 19.1. The number of anilines is 1. The van der Waals surface area contributed by atoms with Gasteiger partial charge in [-0.1, -0.05) is 12.0 Å². The third kappa shape index (κ3) is 2.25. The minimum Gasteiger partial charge on any atom is -0.355 e. The first-order chi connectivity index (χ1) is 10.3. The molecule has 0 N–H and O–H groups in total. The SMILES string of the molecule is Fc1ccc(N2CC3CC3(C#Cc3ccccn3)C2)nc1. The van der Waals surface area contributed by atoms with E-state index in [4.69, 9.17) is 0 Å². The Morgan fingerprint density at radius 3 is 2.95 bits per heavy atom. The first-order valence-electron chi connectivity index (χ1n) is 7.06. The van der Waals surface area contributed by atoms with Crippen LogP contribution < -0.4 is 4.90 Å². The second-order valence-corrected chi connectivity index (χ2v) is 5.74. The van der Waals surface area contributed by atoms with E-state index < -0.39 is 0 Å². The predicted molar refractivity (Wildman–Crippen MR) is 78.1 cm³/mol. The lowest BCUT2D eigenvalue weighted by Crippen LogP contribution is -2.25. The number of nitrogens with zero attached hydrogens (tertiary/aromatic N) is 3. The van der Waals surface area contributed by atoms with Crippen molar-refractivity contribution >= 4 is 5.82 Å². The van der Waals surface area contributed by atoms with Crippen LogP contribution in [0, 0.1) is 29.0 Å². The molecule has 0 bridgehead atoms. The Morgan fingerprint density at radius 1 is 1.24 bits per heavy atom. The minimum absolute atomic E-state index is 0.0770. The molecular formula is C17H14FN3. The molecule has 0 aromatic carbocycles. The van der Waals surface area contributed by atoms with E-state index in [2.05, 4.69) is 26.7 Å². The van der Waals surface area contributed by atoms with Gasteiger partial charge in [0.15, 0.2) is 0 Å². The summed E-state index contributed by atoms with van der Waals surface area (Å²) >= 11 is 0. The van der Waals surface area contributed by atoms with Gasteiger partial charge < -0.3 is 4.90 Å². The molecule has 0 radical (unpaired) electrons. The molecule has 2 aromatic heterocycles. The van der Waals surface area contributed by atoms with Crippen molar-refractivity contribution in [3.05, 3.63) is 54.2 Å². The Hall–Kier alpha value is -2.41. The molecule has 2 atom stereocenters. The lowest BCUT2D eigenvalue weighted by molar-refractivity contribution is 0.620. The lowest BCUT2D eigenvalue weighted by Gasteiger charge is -2.19. The Bertz CT molecular complexity index is 717. The van der Waals surface area contributed by atoms with Crippen LogP contribution in [0.1, 0.15) is 12.1 Å². The Morgan fingerprint density at radius 2 is 2.19 bits per heavy atom. The van der Waals surface area contributed by atoms with Crippen LogP contribution in [0.4, 0.5) is 10.2 Å². The van der Waals surface area contributed by atoms with Crippen LogP contribution in [0.3, 0.4) is 0 Å². The van der Waals surface area contributed by atoms with Crippen LogP contribution in [0.25, 0.3) is 0 Å². The van der Waals surface area contributed by atoms with Crippen molar-refractivity contribution in [3.63, 3.8) is 0 Å². The first-order valence-corrected chi connectivity index (χ1v) is 7.06. The number of hydrogen-bond donors (Lipinski definition) is 0. The van der Waals surface area contributed by atoms with Gasteiger partial charge in [0.05, 0.1) is 11.6 Å². The van der Waals surface area contributed by atoms with Gasteiger partial charge in [0.1, 0.15) is 17.3 Å². The summed E-state index contributed by atoms with van der Waals surface area (Å²) in [7, 11) is 0. The molecule has 3 nitrogen and oxygen atoms in total. The zero-order valence-corrected chi connectivity index (χ0v) is 11.5. The van der Waals surface area contributed by atoms with Gasteiger partial charge >= 0.3 is 0 Å². The van der Waals surface area contributed by atoms with Crippen LogP contribution in [-0.4, -0.2) is 23.1 Å². The molecule has 21 heavy (non-hydrogen) atoms. The summed E-state index contributed by atoms with van der Waals surface area (Å²) in [5, 5.41) is 0. The molecule has 2 unspecified atom stereocenters. The maximum absolute atomic E-state index is 12.9. The van der Waals surface area contributed by atoms with Crippen molar-refractivity contribution in [3.8, 4) is 11.8 Å². The average Bonchev–Trinajstić information content (AvgIpc) is 3.08. The molecule has 0 spiro atoms. The van der Waals surface area contributed by atoms with Crippen molar-refractivity contribution in [2.75, 3.05) is 18.0 Å². The summed E-state index contributed by atoms with van der Waals surface area (Å²) in [5.74, 6) is 7.72. The number of rotatable bonds is 1. The second-order valence-electron chi connectivity index (χ2n) is 5.74. The molecule has 3 heterocycles. The highest BCUT2D eigenvalue weighted by molar-refractivity contribution is 5.47. The van der Waals surface area contributed by atoms with E-state index in [0.29, 0.717) is 5.92 Å². The highest BCUT2D eigenvalue weighted by Crippen LogP contribution is 2.57. The van der Waals surface area contributed by atoms with E-state index in [9.17, 15) is 4.39 Å². The Balaban J connectivity index is 1.52. The third-order valence-corrected chi connectivity index (χ3v) is 4.29. The zero-order chi connectivity index (χ0) is 14.3. The summed E-state index contributed by atoms with van der Waals surface area (Å²) in [6.45, 7) is 1.83. The predicted octanol–water partition coefficient (Wildman–Crippen LogP) is 2.49. The van der Waals surface area contributed by atoms with Gasteiger partial charge in [-0.25, -0.2) is 14.4 Å². The number of fused-ring (bicyclic) bond motifs is 1. The largest absolute Gasteiger partial charge is 0.355 e. The molecule has 1 aliphatic heterocycles. The van der Waals surface area contributed by atoms with Gasteiger partial charge in [-0.2, -0.15) is 0 Å². The van der Waals surface area contributed by atoms with Gasteiger partial charge in [0, 0.05) is 19.3 Å². The molecular weight excluding hydrogens is 265 g/mol. The molecule has 2 aliphatic rings. The molecule has 1 saturated carbocycles. The molecule has 4 heteroatoms. The van der Waals surface area contributed by atoms with Gasteiger partial charge in [-0.05, 0) is 42.5 Å². The van der Waals surface area contributed by atoms with Crippen LogP contribution in [0.15, 0.2) is 42.7 Å². The summed E-state index contributed by atoms with van der Waals surface area (Å²) in [4.78, 5) is 10.6. The number of aromatic nitrogens is 2. The van der Waals surface area contributed by atoms with E-state index in [-0.39, 0.29) is 11.2 Å². The van der Waals surface area contributed by atoms with Gasteiger partial charge in [-0.3, -0.25) is 0 Å². The van der Waals surface area contributed by atoms with Gasteiger partial charge in [-0.15, -0.1) is 0 Å². The second kappa shape index (κ2) is 4.56. The standard InChI is InChI=1S/C17H14FN3/c18-14-4-5-16(20-10-14)21-11-13-9-17(13,12-21)7-6-15-3-1-2-8-19-15/h1-5,8,10,13H,9,11-12H2. The number of piperidine rings is 1. The molecule has 104 valence electrons. The summed E-state index contributed by atoms with van der Waals surface area (Å²) in [6.07, 6.45) is 4.17. The number of pyridine rings is 2. The fourth-order valence-corrected chi connectivity index (χ4v) is 3.03. The van der Waals surface area contributed by atoms with Gasteiger partial charge in [0.2, 0.25) is 0 Å². The van der Waals surface area contributed by atoms with Crippen LogP contribution in [0.2, 0.25) is 0 Å². The normalized spacial score (nSPS) is 26.0. The van der Waals surface area contributed by atoms with Crippen molar-refractivity contribution < 1.29 is 4.39 Å². The third-order valence-electron chi connectivity index (χ3n) is 4.29. The van der Waals surface area contributed by atoms with Crippen molar-refractivity contribution in [2.45, 2.75) is 6.42 Å². The summed E-state index contributed by atoms with van der Waals surface area (Å²) in [6, 6.07) is 8.96. The van der Waals surface area contributed by atoms with Crippen LogP contribution in [0.5, 0.6) is 0 Å². The molecule has 1 saturated heterocycles. The van der Waals surface area contributed by atoms with E-state index in [1.807, 2.05) is 18.2 Å². The Kier molecular flexibility index (Phi) is 2.68. The first kappa shape index (κ1) is 12.3. The smallest absolute Gasteiger partial charge is 0.141 e. The fourth-order valence-electron chi connectivity index (χ4n) is 3.03. The minimum atomic E-state index is -0.298. The van der Waals surface area contributed by atoms with E-state index in [0.717, 1.165) is 31.0 Å². The van der Waals surface area contributed by atoms with E-state index >= 15 is 0 Å². The number of hydrogen-bond acceptors (Lipinski definition) is 3. The zero-order valence-electron chi connectivity index (χ0n) is 11.5. The fraction of sp³-hybridized carbons (Fsp3) is 0.294. The monoisotopic (exact) mass is 279 g/mol. The van der Waals surface area contributed by atoms with Gasteiger partial charge in [0.25, 0.3) is 0 Å². The molecule has 2 aromatic rings. The summed E-state index contributed by atoms with van der Waals surface area (Å²) < 4.78 is 12.9. The van der Waals surface area contributed by atoms with Crippen molar-refractivity contribution in [2.24, 2.45) is 11.3 Å². The quantitative estimate of drug-likeness (QED) is 0.751. The van der Waals surface area contributed by atoms with Crippen LogP contribution >= 0.6 is 0 Å². The average molecular weight is 279 g/mol. The maximum atomic E-state index is 12.9. The number of halogens is 1. The summed E-state index contributed by atoms with van der Waals surface area (Å²) in [5.41, 5.74) is 0.893. The molecule has 4 rings (SSSR count).